The number of alkyl carbamates (subject to hydrolysis) is 1. The predicted molar refractivity (Wildman–Crippen MR) is 110 cm³/mol. The van der Waals surface area contributed by atoms with Crippen LogP contribution in [-0.4, -0.2) is 46.4 Å². The van der Waals surface area contributed by atoms with Crippen LogP contribution in [-0.2, 0) is 27.4 Å². The summed E-state index contributed by atoms with van der Waals surface area (Å²) in [6.07, 6.45) is -2.22. The minimum atomic E-state index is -1.39. The number of ether oxygens (including phenoxy) is 1. The van der Waals surface area contributed by atoms with E-state index in [0.717, 1.165) is 5.56 Å². The van der Waals surface area contributed by atoms with Crippen molar-refractivity contribution in [3.63, 3.8) is 0 Å². The zero-order valence-electron chi connectivity index (χ0n) is 16.2. The summed E-state index contributed by atoms with van der Waals surface area (Å²) in [5.41, 5.74) is 1.36. The van der Waals surface area contributed by atoms with E-state index in [4.69, 9.17) is 16.3 Å². The number of benzene rings is 2. The Hall–Kier alpha value is -3.10. The first-order valence-corrected chi connectivity index (χ1v) is 9.57. The molecular formula is C21H23ClN2O6. The largest absolute Gasteiger partial charge is 0.480 e. The lowest BCUT2D eigenvalue weighted by Crippen LogP contribution is -2.56. The highest BCUT2D eigenvalue weighted by Gasteiger charge is 2.30. The Labute approximate surface area is 178 Å². The molecule has 2 aromatic carbocycles. The molecule has 8 nitrogen and oxygen atoms in total. The van der Waals surface area contributed by atoms with Crippen molar-refractivity contribution in [3.8, 4) is 0 Å². The summed E-state index contributed by atoms with van der Waals surface area (Å²) in [5, 5.41) is 24.4. The van der Waals surface area contributed by atoms with Crippen LogP contribution in [0.25, 0.3) is 0 Å². The first-order valence-electron chi connectivity index (χ1n) is 9.19. The van der Waals surface area contributed by atoms with Gasteiger partial charge in [-0.15, -0.1) is 0 Å². The molecule has 0 aromatic heterocycles. The fraction of sp³-hybridized carbons (Fsp3) is 0.286. The highest BCUT2D eigenvalue weighted by atomic mass is 35.5. The molecule has 0 fully saturated rings. The van der Waals surface area contributed by atoms with E-state index >= 15 is 0 Å². The highest BCUT2D eigenvalue weighted by molar-refractivity contribution is 6.30. The summed E-state index contributed by atoms with van der Waals surface area (Å²) >= 11 is 5.91. The van der Waals surface area contributed by atoms with E-state index < -0.39 is 36.2 Å². The number of halogens is 1. The Kier molecular flexibility index (Phi) is 8.64. The molecule has 0 heterocycles. The van der Waals surface area contributed by atoms with E-state index in [1.807, 2.05) is 6.07 Å². The summed E-state index contributed by atoms with van der Waals surface area (Å²) < 4.78 is 5.05. The third kappa shape index (κ3) is 7.38. The van der Waals surface area contributed by atoms with E-state index in [9.17, 15) is 24.6 Å². The van der Waals surface area contributed by atoms with Crippen molar-refractivity contribution in [1.29, 1.82) is 0 Å². The summed E-state index contributed by atoms with van der Waals surface area (Å²) in [4.78, 5) is 36.1. The van der Waals surface area contributed by atoms with Crippen LogP contribution >= 0.6 is 11.6 Å². The third-order valence-electron chi connectivity index (χ3n) is 4.19. The van der Waals surface area contributed by atoms with Crippen molar-refractivity contribution in [1.82, 2.24) is 10.6 Å². The number of amides is 2. The average molecular weight is 435 g/mol. The molecule has 0 radical (unpaired) electrons. The van der Waals surface area contributed by atoms with Gasteiger partial charge >= 0.3 is 12.1 Å². The number of aliphatic carboxylic acids is 1. The fourth-order valence-electron chi connectivity index (χ4n) is 2.66. The van der Waals surface area contributed by atoms with Gasteiger partial charge in [0.1, 0.15) is 18.7 Å². The maximum atomic E-state index is 12.5. The lowest BCUT2D eigenvalue weighted by atomic mass is 10.0. The highest BCUT2D eigenvalue weighted by Crippen LogP contribution is 2.13. The molecule has 0 saturated heterocycles. The molecular weight excluding hydrogens is 412 g/mol. The van der Waals surface area contributed by atoms with Crippen LogP contribution in [0.15, 0.2) is 54.6 Å². The first-order chi connectivity index (χ1) is 14.3. The van der Waals surface area contributed by atoms with E-state index in [1.54, 1.807) is 48.5 Å². The number of nitrogens with one attached hydrogen (secondary N) is 2. The zero-order valence-corrected chi connectivity index (χ0v) is 17.0. The Morgan fingerprint density at radius 2 is 1.70 bits per heavy atom. The molecule has 4 N–H and O–H groups in total. The number of aliphatic hydroxyl groups is 1. The summed E-state index contributed by atoms with van der Waals surface area (Å²) in [5.74, 6) is -2.12. The van der Waals surface area contributed by atoms with Crippen LogP contribution < -0.4 is 10.6 Å². The van der Waals surface area contributed by atoms with Crippen LogP contribution in [0.2, 0.25) is 5.02 Å². The predicted octanol–water partition coefficient (Wildman–Crippen LogP) is 2.13. The van der Waals surface area contributed by atoms with E-state index in [1.165, 1.54) is 6.92 Å². The second-order valence-electron chi connectivity index (χ2n) is 6.66. The van der Waals surface area contributed by atoms with Gasteiger partial charge in [-0.1, -0.05) is 54.1 Å². The molecule has 160 valence electrons. The number of hydrogen-bond acceptors (Lipinski definition) is 5. The number of rotatable bonds is 9. The van der Waals surface area contributed by atoms with Crippen LogP contribution in [0.4, 0.5) is 4.79 Å². The number of hydrogen-bond donors (Lipinski definition) is 4. The quantitative estimate of drug-likeness (QED) is 0.479. The zero-order chi connectivity index (χ0) is 22.1. The minimum absolute atomic E-state index is 0.0205. The second kappa shape index (κ2) is 11.2. The normalized spacial score (nSPS) is 13.6. The maximum Gasteiger partial charge on any atom is 0.408 e. The molecule has 0 aliphatic carbocycles. The minimum Gasteiger partial charge on any atom is -0.480 e. The molecule has 0 aliphatic heterocycles. The van der Waals surface area contributed by atoms with Crippen molar-refractivity contribution in [2.24, 2.45) is 0 Å². The summed E-state index contributed by atoms with van der Waals surface area (Å²) in [7, 11) is 0. The molecule has 0 bridgehead atoms. The van der Waals surface area contributed by atoms with E-state index in [0.29, 0.717) is 10.6 Å². The van der Waals surface area contributed by atoms with Gasteiger partial charge < -0.3 is 25.6 Å². The number of aliphatic hydroxyl groups excluding tert-OH is 1. The molecule has 2 rings (SSSR count). The molecule has 0 saturated carbocycles. The van der Waals surface area contributed by atoms with Crippen molar-refractivity contribution >= 4 is 29.6 Å². The lowest BCUT2D eigenvalue weighted by molar-refractivity contribution is -0.142. The fourth-order valence-corrected chi connectivity index (χ4v) is 2.87. The molecule has 0 spiro atoms. The molecule has 0 unspecified atom stereocenters. The van der Waals surface area contributed by atoms with Crippen molar-refractivity contribution < 1.29 is 29.3 Å². The Balaban J connectivity index is 1.98. The van der Waals surface area contributed by atoms with Crippen molar-refractivity contribution in [2.45, 2.75) is 38.1 Å². The van der Waals surface area contributed by atoms with Gasteiger partial charge in [-0.05, 0) is 30.2 Å². The van der Waals surface area contributed by atoms with Gasteiger partial charge in [-0.3, -0.25) is 4.79 Å². The summed E-state index contributed by atoms with van der Waals surface area (Å²) in [6.45, 7) is 1.28. The SMILES string of the molecule is C[C@@H](O)[C@H](NC(=O)OCc1ccccc1)C(=O)N[C@H](Cc1cccc(Cl)c1)C(=O)O. The number of carbonyl (C=O) groups excluding carboxylic acids is 2. The van der Waals surface area contributed by atoms with Gasteiger partial charge in [0.25, 0.3) is 0 Å². The molecule has 2 aromatic rings. The number of carboxylic acid groups (broad SMARTS) is 1. The summed E-state index contributed by atoms with van der Waals surface area (Å²) in [6, 6.07) is 12.8. The molecule has 3 atom stereocenters. The van der Waals surface area contributed by atoms with Gasteiger partial charge in [0.05, 0.1) is 6.10 Å². The molecule has 0 aliphatic rings. The molecule has 2 amide bonds. The monoisotopic (exact) mass is 434 g/mol. The van der Waals surface area contributed by atoms with Crippen molar-refractivity contribution in [2.75, 3.05) is 0 Å². The Morgan fingerprint density at radius 1 is 1.03 bits per heavy atom. The average Bonchev–Trinajstić information content (AvgIpc) is 2.70. The maximum absolute atomic E-state index is 12.5. The van der Waals surface area contributed by atoms with Gasteiger partial charge in [0.2, 0.25) is 5.91 Å². The van der Waals surface area contributed by atoms with E-state index in [2.05, 4.69) is 10.6 Å². The second-order valence-corrected chi connectivity index (χ2v) is 7.09. The van der Waals surface area contributed by atoms with Crippen LogP contribution in [0.1, 0.15) is 18.1 Å². The number of carboxylic acids is 1. The first kappa shape index (κ1) is 23.2. The standard InChI is InChI=1S/C21H23ClN2O6/c1-13(25)18(24-21(29)30-12-14-6-3-2-4-7-14)19(26)23-17(20(27)28)11-15-8-5-9-16(22)10-15/h2-10,13,17-18,25H,11-12H2,1H3,(H,23,26)(H,24,29)(H,27,28)/t13-,17-,18+/m1/s1. The van der Waals surface area contributed by atoms with Crippen LogP contribution in [0.3, 0.4) is 0 Å². The van der Waals surface area contributed by atoms with Crippen LogP contribution in [0.5, 0.6) is 0 Å². The smallest absolute Gasteiger partial charge is 0.408 e. The number of carbonyl (C=O) groups is 3. The third-order valence-corrected chi connectivity index (χ3v) is 4.43. The molecule has 9 heteroatoms. The lowest BCUT2D eigenvalue weighted by Gasteiger charge is -2.23. The van der Waals surface area contributed by atoms with Gasteiger partial charge in [-0.25, -0.2) is 9.59 Å². The topological polar surface area (TPSA) is 125 Å². The Morgan fingerprint density at radius 3 is 2.30 bits per heavy atom. The van der Waals surface area contributed by atoms with Crippen LogP contribution in [0, 0.1) is 0 Å². The van der Waals surface area contributed by atoms with Gasteiger partial charge in [-0.2, -0.15) is 0 Å². The Bertz CT molecular complexity index is 875. The van der Waals surface area contributed by atoms with Crippen molar-refractivity contribution in [3.05, 3.63) is 70.7 Å². The van der Waals surface area contributed by atoms with Gasteiger partial charge in [0, 0.05) is 11.4 Å². The molecule has 30 heavy (non-hydrogen) atoms. The van der Waals surface area contributed by atoms with E-state index in [-0.39, 0.29) is 13.0 Å². The van der Waals surface area contributed by atoms with Gasteiger partial charge in [0.15, 0.2) is 0 Å².